The molecule has 1 aromatic carbocycles. The van der Waals surface area contributed by atoms with Crippen molar-refractivity contribution in [3.8, 4) is 0 Å². The van der Waals surface area contributed by atoms with Crippen molar-refractivity contribution >= 4 is 44.2 Å². The molecule has 11 heteroatoms. The van der Waals surface area contributed by atoms with Crippen LogP contribution in [0, 0.1) is 5.82 Å². The molecule has 2 aromatic rings. The smallest absolute Gasteiger partial charge is 0.283 e. The molecule has 0 amide bonds. The number of anilines is 2. The van der Waals surface area contributed by atoms with E-state index in [1.807, 2.05) is 0 Å². The van der Waals surface area contributed by atoms with Crippen molar-refractivity contribution in [3.63, 3.8) is 0 Å². The predicted molar refractivity (Wildman–Crippen MR) is 103 cm³/mol. The Balaban J connectivity index is 1.51. The Morgan fingerprint density at radius 1 is 1.33 bits per heavy atom. The standard InChI is InChI=1S/C16H19ClFN5O2S2/c17-23(15-20-11-21-26-15)27(24,25)14-4-3-12(9-13(14)18)19-10-16-5-1-7-22(16)8-2-6-16/h3-4,9,11,19H,1-2,5-8,10H2. The lowest BCUT2D eigenvalue weighted by molar-refractivity contribution is 0.209. The summed E-state index contributed by atoms with van der Waals surface area (Å²) in [4.78, 5) is 5.74. The van der Waals surface area contributed by atoms with Gasteiger partial charge in [-0.25, -0.2) is 9.37 Å². The second-order valence-corrected chi connectivity index (χ2v) is 9.91. The third-order valence-corrected chi connectivity index (χ3v) is 8.41. The molecule has 146 valence electrons. The highest BCUT2D eigenvalue weighted by molar-refractivity contribution is 7.94. The normalized spacial score (nSPS) is 19.2. The Morgan fingerprint density at radius 2 is 2.07 bits per heavy atom. The second kappa shape index (κ2) is 7.16. The Bertz CT molecular complexity index is 915. The molecule has 4 rings (SSSR count). The first-order valence-electron chi connectivity index (χ1n) is 8.69. The zero-order valence-electron chi connectivity index (χ0n) is 14.4. The highest BCUT2D eigenvalue weighted by Crippen LogP contribution is 2.39. The van der Waals surface area contributed by atoms with Gasteiger partial charge in [-0.05, 0) is 57.0 Å². The Morgan fingerprint density at radius 3 is 2.70 bits per heavy atom. The van der Waals surface area contributed by atoms with Crippen LogP contribution in [0.1, 0.15) is 25.7 Å². The molecule has 0 saturated carbocycles. The number of hydrogen-bond acceptors (Lipinski definition) is 7. The lowest BCUT2D eigenvalue weighted by atomic mass is 9.94. The largest absolute Gasteiger partial charge is 0.383 e. The minimum absolute atomic E-state index is 0.0417. The summed E-state index contributed by atoms with van der Waals surface area (Å²) >= 11 is 6.66. The maximum Gasteiger partial charge on any atom is 0.283 e. The van der Waals surface area contributed by atoms with Gasteiger partial charge in [0.15, 0.2) is 0 Å². The summed E-state index contributed by atoms with van der Waals surface area (Å²) in [5, 5.41) is 3.24. The maximum absolute atomic E-state index is 14.6. The third-order valence-electron chi connectivity index (χ3n) is 5.35. The first kappa shape index (κ1) is 18.9. The molecule has 2 aliphatic rings. The first-order valence-corrected chi connectivity index (χ1v) is 11.2. The van der Waals surface area contributed by atoms with Gasteiger partial charge < -0.3 is 5.32 Å². The fourth-order valence-electron chi connectivity index (χ4n) is 4.03. The second-order valence-electron chi connectivity index (χ2n) is 6.86. The van der Waals surface area contributed by atoms with Crippen LogP contribution in [0.4, 0.5) is 15.2 Å². The van der Waals surface area contributed by atoms with Crippen molar-refractivity contribution < 1.29 is 12.8 Å². The molecule has 27 heavy (non-hydrogen) atoms. The Hall–Kier alpha value is -1.49. The van der Waals surface area contributed by atoms with Crippen molar-refractivity contribution in [2.45, 2.75) is 36.1 Å². The zero-order valence-corrected chi connectivity index (χ0v) is 16.8. The molecule has 2 aliphatic heterocycles. The van der Waals surface area contributed by atoms with Crippen molar-refractivity contribution in [1.29, 1.82) is 0 Å². The fourth-order valence-corrected chi connectivity index (χ4v) is 6.11. The van der Waals surface area contributed by atoms with E-state index in [-0.39, 0.29) is 10.7 Å². The number of rotatable bonds is 6. The third kappa shape index (κ3) is 3.39. The highest BCUT2D eigenvalue weighted by atomic mass is 35.5. The van der Waals surface area contributed by atoms with Gasteiger partial charge >= 0.3 is 0 Å². The average molecular weight is 432 g/mol. The van der Waals surface area contributed by atoms with E-state index in [2.05, 4.69) is 19.6 Å². The monoisotopic (exact) mass is 431 g/mol. The first-order chi connectivity index (χ1) is 12.9. The molecule has 3 heterocycles. The number of nitrogens with zero attached hydrogens (tertiary/aromatic N) is 4. The minimum atomic E-state index is -4.26. The maximum atomic E-state index is 14.6. The molecule has 7 nitrogen and oxygen atoms in total. The van der Waals surface area contributed by atoms with Gasteiger partial charge in [0.05, 0.1) is 0 Å². The van der Waals surface area contributed by atoms with Gasteiger partial charge in [0.1, 0.15) is 17.0 Å². The summed E-state index contributed by atoms with van der Waals surface area (Å²) in [5.41, 5.74) is 0.697. The van der Waals surface area contributed by atoms with Crippen LogP contribution in [-0.4, -0.2) is 47.8 Å². The van der Waals surface area contributed by atoms with E-state index in [4.69, 9.17) is 11.8 Å². The Labute approximate surface area is 166 Å². The van der Waals surface area contributed by atoms with Gasteiger partial charge in [-0.15, -0.1) is 3.82 Å². The molecule has 0 unspecified atom stereocenters. The SMILES string of the molecule is O=S(=O)(c1ccc(NCC23CCCN2CCC3)cc1F)N(Cl)c1ncns1. The molecular weight excluding hydrogens is 413 g/mol. The topological polar surface area (TPSA) is 78.4 Å². The van der Waals surface area contributed by atoms with Crippen LogP contribution >= 0.6 is 23.3 Å². The quantitative estimate of drug-likeness (QED) is 0.708. The van der Waals surface area contributed by atoms with E-state index in [0.29, 0.717) is 9.51 Å². The molecular formula is C16H19ClFN5O2S2. The molecule has 1 aromatic heterocycles. The summed E-state index contributed by atoms with van der Waals surface area (Å²) in [5.74, 6) is -0.859. The van der Waals surface area contributed by atoms with E-state index in [1.54, 1.807) is 6.07 Å². The van der Waals surface area contributed by atoms with Crippen LogP contribution in [0.2, 0.25) is 0 Å². The molecule has 2 saturated heterocycles. The summed E-state index contributed by atoms with van der Waals surface area (Å²) in [6.45, 7) is 2.96. The van der Waals surface area contributed by atoms with Crippen LogP contribution in [-0.2, 0) is 10.0 Å². The van der Waals surface area contributed by atoms with Gasteiger partial charge in [-0.2, -0.15) is 12.8 Å². The number of hydrogen-bond donors (Lipinski definition) is 1. The molecule has 0 atom stereocenters. The highest BCUT2D eigenvalue weighted by Gasteiger charge is 2.43. The number of aromatic nitrogens is 2. The Kier molecular flexibility index (Phi) is 5.00. The lowest BCUT2D eigenvalue weighted by Gasteiger charge is -2.32. The molecule has 2 fully saturated rings. The molecule has 0 aliphatic carbocycles. The number of halogens is 2. The van der Waals surface area contributed by atoms with E-state index >= 15 is 0 Å². The average Bonchev–Trinajstić information content (AvgIpc) is 3.36. The fraction of sp³-hybridized carbons (Fsp3) is 0.500. The molecule has 0 radical (unpaired) electrons. The van der Waals surface area contributed by atoms with Gasteiger partial charge in [0.25, 0.3) is 10.0 Å². The van der Waals surface area contributed by atoms with Crippen LogP contribution < -0.4 is 9.14 Å². The van der Waals surface area contributed by atoms with Gasteiger partial charge in [-0.1, -0.05) is 0 Å². The van der Waals surface area contributed by atoms with Crippen molar-refractivity contribution in [2.24, 2.45) is 0 Å². The van der Waals surface area contributed by atoms with E-state index in [1.165, 1.54) is 31.3 Å². The van der Waals surface area contributed by atoms with Crippen LogP contribution in [0.3, 0.4) is 0 Å². The lowest BCUT2D eigenvalue weighted by Crippen LogP contribution is -2.44. The van der Waals surface area contributed by atoms with E-state index in [0.717, 1.165) is 44.0 Å². The summed E-state index contributed by atoms with van der Waals surface area (Å²) < 4.78 is 43.8. The van der Waals surface area contributed by atoms with Crippen LogP contribution in [0.25, 0.3) is 0 Å². The van der Waals surface area contributed by atoms with Gasteiger partial charge in [0.2, 0.25) is 5.13 Å². The molecule has 0 spiro atoms. The summed E-state index contributed by atoms with van der Waals surface area (Å²) in [6, 6.07) is 3.98. The summed E-state index contributed by atoms with van der Waals surface area (Å²) in [7, 11) is -4.26. The zero-order chi connectivity index (χ0) is 19.1. The molecule has 0 bridgehead atoms. The van der Waals surface area contributed by atoms with Crippen LogP contribution in [0.15, 0.2) is 29.4 Å². The van der Waals surface area contributed by atoms with Crippen molar-refractivity contribution in [1.82, 2.24) is 14.3 Å². The number of benzene rings is 1. The van der Waals surface area contributed by atoms with Crippen molar-refractivity contribution in [3.05, 3.63) is 30.3 Å². The summed E-state index contributed by atoms with van der Waals surface area (Å²) in [6.07, 6.45) is 5.83. The van der Waals surface area contributed by atoms with Crippen molar-refractivity contribution in [2.75, 3.05) is 28.8 Å². The van der Waals surface area contributed by atoms with E-state index < -0.39 is 20.7 Å². The number of fused-ring (bicyclic) bond motifs is 1. The number of sulfonamides is 1. The molecule has 1 N–H and O–H groups in total. The van der Waals surface area contributed by atoms with E-state index in [9.17, 15) is 12.8 Å². The number of nitrogens with one attached hydrogen (secondary N) is 1. The minimum Gasteiger partial charge on any atom is -0.383 e. The van der Waals surface area contributed by atoms with Gasteiger partial charge in [-0.3, -0.25) is 4.90 Å². The predicted octanol–water partition coefficient (Wildman–Crippen LogP) is 3.07. The van der Waals surface area contributed by atoms with Gasteiger partial charge in [0, 0.05) is 41.1 Å². The van der Waals surface area contributed by atoms with Crippen LogP contribution in [0.5, 0.6) is 0 Å².